The molecule has 0 radical (unpaired) electrons. The highest BCUT2D eigenvalue weighted by atomic mass is 79.9. The molecular weight excluding hydrogens is 510 g/mol. The van der Waals surface area contributed by atoms with Crippen molar-refractivity contribution < 1.29 is 39.2 Å². The van der Waals surface area contributed by atoms with Crippen LogP contribution in [0.3, 0.4) is 0 Å². The lowest BCUT2D eigenvalue weighted by molar-refractivity contribution is -0.870. The number of quaternary nitrogens is 1. The molecule has 0 N–H and O–H groups in total. The molecular formula is C27H62BrNO4Si. The first kappa shape index (κ1) is 39.0. The van der Waals surface area contributed by atoms with Crippen LogP contribution in [-0.2, 0) is 17.7 Å². The van der Waals surface area contributed by atoms with Gasteiger partial charge in [0, 0.05) is 26.4 Å². The molecule has 0 unspecified atom stereocenters. The summed E-state index contributed by atoms with van der Waals surface area (Å²) in [5.74, 6) is 0. The van der Waals surface area contributed by atoms with Gasteiger partial charge in [0.05, 0.1) is 27.7 Å². The number of hydrogen-bond donors (Lipinski definition) is 0. The SMILES string of the molecule is CCCCCCCCCCCCCCCC[N+](C)(C)C.CCO[Si](OCC)(OCC)OCC.[Br-]. The number of unbranched alkanes of at least 4 members (excludes halogenated alkanes) is 13. The molecule has 0 bridgehead atoms. The number of hydrogen-bond acceptors (Lipinski definition) is 4. The smallest absolute Gasteiger partial charge is 0.679 e. The zero-order valence-electron chi connectivity index (χ0n) is 24.4. The third-order valence-electron chi connectivity index (χ3n) is 5.47. The van der Waals surface area contributed by atoms with Crippen LogP contribution in [0.1, 0.15) is 125 Å². The Balaban J connectivity index is -0.000000598. The van der Waals surface area contributed by atoms with Crippen LogP contribution in [-0.4, -0.2) is 67.6 Å². The summed E-state index contributed by atoms with van der Waals surface area (Å²) in [7, 11) is 4.09. The Kier molecular flexibility index (Phi) is 32.2. The maximum absolute atomic E-state index is 5.42. The molecule has 0 rings (SSSR count). The van der Waals surface area contributed by atoms with Gasteiger partial charge in [-0.2, -0.15) is 0 Å². The van der Waals surface area contributed by atoms with Crippen molar-refractivity contribution in [2.45, 2.75) is 125 Å². The maximum atomic E-state index is 5.42. The van der Waals surface area contributed by atoms with Gasteiger partial charge in [0.2, 0.25) is 0 Å². The zero-order valence-corrected chi connectivity index (χ0v) is 27.0. The fraction of sp³-hybridized carbons (Fsp3) is 1.00. The lowest BCUT2D eigenvalue weighted by atomic mass is 10.0. The molecule has 34 heavy (non-hydrogen) atoms. The van der Waals surface area contributed by atoms with Crippen molar-refractivity contribution in [1.29, 1.82) is 0 Å². The third kappa shape index (κ3) is 28.7. The van der Waals surface area contributed by atoms with E-state index in [1.807, 2.05) is 27.7 Å². The van der Waals surface area contributed by atoms with Crippen molar-refractivity contribution in [1.82, 2.24) is 0 Å². The second kappa shape index (κ2) is 28.1. The molecule has 0 aromatic carbocycles. The van der Waals surface area contributed by atoms with Crippen LogP contribution in [0.2, 0.25) is 0 Å². The van der Waals surface area contributed by atoms with Crippen molar-refractivity contribution in [3.8, 4) is 0 Å². The van der Waals surface area contributed by atoms with Gasteiger partial charge >= 0.3 is 9.05 Å². The Morgan fingerprint density at radius 3 is 0.941 bits per heavy atom. The largest absolute Gasteiger partial charge is 1.00 e. The minimum atomic E-state index is -2.80. The minimum Gasteiger partial charge on any atom is -1.00 e. The second-order valence-corrected chi connectivity index (χ2v) is 12.0. The molecule has 210 valence electrons. The van der Waals surface area contributed by atoms with Crippen molar-refractivity contribution >= 4 is 9.05 Å². The van der Waals surface area contributed by atoms with E-state index >= 15 is 0 Å². The van der Waals surface area contributed by atoms with E-state index in [-0.39, 0.29) is 17.0 Å². The second-order valence-electron chi connectivity index (χ2n) is 9.84. The Morgan fingerprint density at radius 2 is 0.706 bits per heavy atom. The summed E-state index contributed by atoms with van der Waals surface area (Å²) in [6, 6.07) is 0. The molecule has 0 fully saturated rings. The van der Waals surface area contributed by atoms with E-state index in [1.165, 1.54) is 96.4 Å². The summed E-state index contributed by atoms with van der Waals surface area (Å²) >= 11 is 0. The fourth-order valence-electron chi connectivity index (χ4n) is 3.74. The van der Waals surface area contributed by atoms with Gasteiger partial charge in [0.25, 0.3) is 0 Å². The molecule has 0 aromatic heterocycles. The van der Waals surface area contributed by atoms with Gasteiger partial charge in [-0.25, -0.2) is 0 Å². The minimum absolute atomic E-state index is 0. The Labute approximate surface area is 226 Å². The highest BCUT2D eigenvalue weighted by Gasteiger charge is 2.44. The van der Waals surface area contributed by atoms with E-state index < -0.39 is 9.05 Å². The van der Waals surface area contributed by atoms with Gasteiger partial charge < -0.3 is 39.2 Å². The molecule has 0 saturated heterocycles. The van der Waals surface area contributed by atoms with Crippen molar-refractivity contribution in [2.75, 3.05) is 54.1 Å². The molecule has 0 aromatic rings. The third-order valence-corrected chi connectivity index (χ3v) is 8.04. The Hall–Kier alpha value is 0.497. The van der Waals surface area contributed by atoms with Crippen LogP contribution in [0.4, 0.5) is 0 Å². The summed E-state index contributed by atoms with van der Waals surface area (Å²) in [5, 5.41) is 0. The van der Waals surface area contributed by atoms with E-state index in [0.717, 1.165) is 4.48 Å². The van der Waals surface area contributed by atoms with E-state index in [0.29, 0.717) is 26.4 Å². The van der Waals surface area contributed by atoms with E-state index in [9.17, 15) is 0 Å². The highest BCUT2D eigenvalue weighted by Crippen LogP contribution is 2.13. The molecule has 0 spiro atoms. The van der Waals surface area contributed by atoms with Crippen LogP contribution in [0.15, 0.2) is 0 Å². The first-order valence-corrected chi connectivity index (χ1v) is 15.8. The van der Waals surface area contributed by atoms with Crippen LogP contribution in [0.25, 0.3) is 0 Å². The molecule has 0 amide bonds. The van der Waals surface area contributed by atoms with E-state index in [1.54, 1.807) is 0 Å². The molecule has 0 atom stereocenters. The quantitative estimate of drug-likeness (QED) is 0.101. The summed E-state index contributed by atoms with van der Waals surface area (Å²) in [5.41, 5.74) is 0. The van der Waals surface area contributed by atoms with Crippen LogP contribution < -0.4 is 17.0 Å². The molecule has 0 aliphatic heterocycles. The van der Waals surface area contributed by atoms with Gasteiger partial charge in [0.15, 0.2) is 0 Å². The fourth-order valence-corrected chi connectivity index (χ4v) is 5.65. The molecule has 7 heteroatoms. The monoisotopic (exact) mass is 571 g/mol. The molecule has 0 aliphatic rings. The molecule has 0 saturated carbocycles. The first-order chi connectivity index (χ1) is 15.8. The topological polar surface area (TPSA) is 36.9 Å². The maximum Gasteiger partial charge on any atom is 0.679 e. The van der Waals surface area contributed by atoms with E-state index in [2.05, 4.69) is 28.1 Å². The number of rotatable bonds is 23. The van der Waals surface area contributed by atoms with Gasteiger partial charge in [0.1, 0.15) is 0 Å². The average Bonchev–Trinajstić information content (AvgIpc) is 2.74. The first-order valence-electron chi connectivity index (χ1n) is 14.2. The summed E-state index contributed by atoms with van der Waals surface area (Å²) < 4.78 is 22.8. The summed E-state index contributed by atoms with van der Waals surface area (Å²) in [4.78, 5) is 0. The van der Waals surface area contributed by atoms with Crippen molar-refractivity contribution in [3.05, 3.63) is 0 Å². The van der Waals surface area contributed by atoms with Gasteiger partial charge in [-0.3, -0.25) is 0 Å². The molecule has 0 aliphatic carbocycles. The summed E-state index contributed by atoms with van der Waals surface area (Å²) in [6.45, 7) is 13.4. The van der Waals surface area contributed by atoms with Gasteiger partial charge in [-0.15, -0.1) is 0 Å². The van der Waals surface area contributed by atoms with Crippen LogP contribution in [0, 0.1) is 0 Å². The molecule has 0 heterocycles. The van der Waals surface area contributed by atoms with Crippen LogP contribution in [0.5, 0.6) is 0 Å². The summed E-state index contributed by atoms with van der Waals surface area (Å²) in [6.07, 6.45) is 20.4. The lowest BCUT2D eigenvalue weighted by Crippen LogP contribution is -3.00. The van der Waals surface area contributed by atoms with Gasteiger partial charge in [-0.1, -0.05) is 84.0 Å². The predicted octanol–water partition coefficient (Wildman–Crippen LogP) is 4.75. The molecule has 5 nitrogen and oxygen atoms in total. The number of nitrogens with zero attached hydrogens (tertiary/aromatic N) is 1. The van der Waals surface area contributed by atoms with Crippen molar-refractivity contribution in [3.63, 3.8) is 0 Å². The zero-order chi connectivity index (χ0) is 25.3. The van der Waals surface area contributed by atoms with E-state index in [4.69, 9.17) is 17.7 Å². The highest BCUT2D eigenvalue weighted by molar-refractivity contribution is 6.53. The Bertz CT molecular complexity index is 355. The normalized spacial score (nSPS) is 11.6. The van der Waals surface area contributed by atoms with Gasteiger partial charge in [-0.05, 0) is 40.5 Å². The standard InChI is InChI=1S/C19H42N.C8H20O4Si.BrH/c1-5-6-7-8-9-10-11-12-13-14-15-16-17-18-19-20(2,3)4;1-5-9-13(10-6-2,11-7-3)12-8-4;/h5-19H2,1-4H3;5-8H2,1-4H3;1H/q+1;;/p-1. The van der Waals surface area contributed by atoms with Crippen molar-refractivity contribution in [2.24, 2.45) is 0 Å². The van der Waals surface area contributed by atoms with Crippen LogP contribution >= 0.6 is 0 Å². The number of halogens is 1. The average molecular weight is 573 g/mol. The lowest BCUT2D eigenvalue weighted by Gasteiger charge is -2.26. The Morgan fingerprint density at radius 1 is 0.441 bits per heavy atom. The predicted molar refractivity (Wildman–Crippen MR) is 145 cm³/mol.